The molecule has 0 radical (unpaired) electrons. The van der Waals surface area contributed by atoms with Gasteiger partial charge < -0.3 is 5.32 Å². The van der Waals surface area contributed by atoms with E-state index in [2.05, 4.69) is 37.9 Å². The molecule has 0 saturated heterocycles. The highest BCUT2D eigenvalue weighted by Crippen LogP contribution is 2.26. The highest BCUT2D eigenvalue weighted by Gasteiger charge is 2.24. The van der Waals surface area contributed by atoms with Crippen molar-refractivity contribution in [3.8, 4) is 0 Å². The van der Waals surface area contributed by atoms with Gasteiger partial charge in [0.25, 0.3) is 0 Å². The van der Waals surface area contributed by atoms with E-state index >= 15 is 0 Å². The Morgan fingerprint density at radius 1 is 1.29 bits per heavy atom. The Morgan fingerprint density at radius 3 is 2.35 bits per heavy atom. The van der Waals surface area contributed by atoms with Crippen molar-refractivity contribution < 1.29 is 4.79 Å². The zero-order valence-electron chi connectivity index (χ0n) is 10.8. The van der Waals surface area contributed by atoms with Crippen molar-refractivity contribution >= 4 is 29.9 Å². The Morgan fingerprint density at radius 2 is 1.94 bits per heavy atom. The number of nitrogens with one attached hydrogen (secondary N) is 1. The van der Waals surface area contributed by atoms with Crippen LogP contribution in [0, 0.1) is 11.8 Å². The second-order valence-electron chi connectivity index (χ2n) is 4.93. The first-order chi connectivity index (χ1) is 7.93. The molecule has 2 atom stereocenters. The van der Waals surface area contributed by atoms with Crippen molar-refractivity contribution in [2.75, 3.05) is 0 Å². The van der Waals surface area contributed by atoms with Crippen LogP contribution in [0.5, 0.6) is 0 Å². The van der Waals surface area contributed by atoms with Gasteiger partial charge in [0.05, 0.1) is 11.3 Å². The van der Waals surface area contributed by atoms with Gasteiger partial charge in [0, 0.05) is 4.88 Å². The van der Waals surface area contributed by atoms with E-state index in [1.54, 1.807) is 11.3 Å². The van der Waals surface area contributed by atoms with Crippen LogP contribution in [0.15, 0.2) is 17.5 Å². The number of hydrogen-bond donors (Lipinski definition) is 2. The minimum absolute atomic E-state index is 0.0235. The van der Waals surface area contributed by atoms with Crippen molar-refractivity contribution in [2.24, 2.45) is 11.8 Å². The molecule has 1 amide bonds. The number of thiol groups is 1. The van der Waals surface area contributed by atoms with Gasteiger partial charge in [-0.1, -0.05) is 33.8 Å². The quantitative estimate of drug-likeness (QED) is 0.788. The van der Waals surface area contributed by atoms with Crippen molar-refractivity contribution in [3.05, 3.63) is 22.4 Å². The Hall–Kier alpha value is -0.480. The van der Waals surface area contributed by atoms with Crippen molar-refractivity contribution in [1.82, 2.24) is 5.32 Å². The fourth-order valence-corrected chi connectivity index (χ4v) is 2.60. The number of carbonyl (C=O) groups is 1. The van der Waals surface area contributed by atoms with Gasteiger partial charge in [-0.2, -0.15) is 12.6 Å². The molecule has 1 aromatic heterocycles. The molecular formula is C13H21NOS2. The molecule has 1 rings (SSSR count). The molecule has 1 heterocycles. The minimum Gasteiger partial charge on any atom is -0.347 e. The van der Waals surface area contributed by atoms with Crippen LogP contribution < -0.4 is 5.32 Å². The molecule has 96 valence electrons. The first kappa shape index (κ1) is 14.6. The Kier molecular flexibility index (Phi) is 5.53. The van der Waals surface area contributed by atoms with Gasteiger partial charge in [-0.15, -0.1) is 11.3 Å². The molecule has 0 aromatic carbocycles. The van der Waals surface area contributed by atoms with Crippen LogP contribution in [0.25, 0.3) is 0 Å². The lowest BCUT2D eigenvalue weighted by Gasteiger charge is -2.24. The summed E-state index contributed by atoms with van der Waals surface area (Å²) in [7, 11) is 0. The van der Waals surface area contributed by atoms with Gasteiger partial charge in [0.15, 0.2) is 0 Å². The number of thiophene rings is 1. The number of carbonyl (C=O) groups excluding carboxylic acids is 1. The van der Waals surface area contributed by atoms with E-state index in [0.717, 1.165) is 0 Å². The van der Waals surface area contributed by atoms with Crippen LogP contribution >= 0.6 is 24.0 Å². The molecule has 0 bridgehead atoms. The van der Waals surface area contributed by atoms with Gasteiger partial charge in [-0.25, -0.2) is 0 Å². The van der Waals surface area contributed by atoms with Gasteiger partial charge in [0.1, 0.15) is 0 Å². The Balaban J connectivity index is 2.72. The summed E-state index contributed by atoms with van der Waals surface area (Å²) in [6.07, 6.45) is 0. The summed E-state index contributed by atoms with van der Waals surface area (Å²) in [5.41, 5.74) is 0. The molecule has 0 saturated carbocycles. The summed E-state index contributed by atoms with van der Waals surface area (Å²) in [5.74, 6) is 0.648. The van der Waals surface area contributed by atoms with Crippen molar-refractivity contribution in [2.45, 2.75) is 39.0 Å². The minimum atomic E-state index is -0.240. The van der Waals surface area contributed by atoms with Crippen LogP contribution in [-0.2, 0) is 4.79 Å². The van der Waals surface area contributed by atoms with Crippen LogP contribution in [-0.4, -0.2) is 11.2 Å². The highest BCUT2D eigenvalue weighted by molar-refractivity contribution is 7.81. The Bertz CT molecular complexity index is 346. The first-order valence-corrected chi connectivity index (χ1v) is 7.35. The maximum Gasteiger partial charge on any atom is 0.233 e. The summed E-state index contributed by atoms with van der Waals surface area (Å²) in [4.78, 5) is 13.2. The van der Waals surface area contributed by atoms with Crippen LogP contribution in [0.4, 0.5) is 0 Å². The third-order valence-corrected chi connectivity index (χ3v) is 4.50. The van der Waals surface area contributed by atoms with E-state index in [-0.39, 0.29) is 23.1 Å². The molecule has 4 heteroatoms. The number of rotatable bonds is 5. The van der Waals surface area contributed by atoms with E-state index in [9.17, 15) is 4.79 Å². The zero-order valence-corrected chi connectivity index (χ0v) is 12.5. The first-order valence-electron chi connectivity index (χ1n) is 5.95. The predicted octanol–water partition coefficient (Wildman–Crippen LogP) is 3.52. The fourth-order valence-electron chi connectivity index (χ4n) is 1.58. The molecule has 1 N–H and O–H groups in total. The lowest BCUT2D eigenvalue weighted by Crippen LogP contribution is -2.38. The van der Waals surface area contributed by atoms with Crippen LogP contribution in [0.2, 0.25) is 0 Å². The summed E-state index contributed by atoms with van der Waals surface area (Å²) in [6.45, 7) is 8.25. The molecule has 0 aliphatic carbocycles. The molecule has 17 heavy (non-hydrogen) atoms. The van der Waals surface area contributed by atoms with E-state index in [0.29, 0.717) is 5.92 Å². The smallest absolute Gasteiger partial charge is 0.233 e. The molecule has 0 spiro atoms. The van der Waals surface area contributed by atoms with Gasteiger partial charge in [-0.05, 0) is 23.3 Å². The summed E-state index contributed by atoms with van der Waals surface area (Å²) < 4.78 is 0. The second-order valence-corrected chi connectivity index (χ2v) is 6.47. The molecular weight excluding hydrogens is 250 g/mol. The van der Waals surface area contributed by atoms with Gasteiger partial charge in [-0.3, -0.25) is 4.79 Å². The van der Waals surface area contributed by atoms with Crippen LogP contribution in [0.1, 0.15) is 38.6 Å². The summed E-state index contributed by atoms with van der Waals surface area (Å²) in [5, 5.41) is 4.89. The number of amides is 1. The average Bonchev–Trinajstić information content (AvgIpc) is 2.76. The average molecular weight is 271 g/mol. The van der Waals surface area contributed by atoms with Crippen LogP contribution in [0.3, 0.4) is 0 Å². The standard InChI is InChI=1S/C13H21NOS2/c1-8(2)11(10-6-5-7-17-10)14-13(15)12(16)9(3)4/h5-9,11-12,16H,1-4H3,(H,14,15). The van der Waals surface area contributed by atoms with Crippen molar-refractivity contribution in [1.29, 1.82) is 0 Å². The largest absolute Gasteiger partial charge is 0.347 e. The van der Waals surface area contributed by atoms with E-state index in [4.69, 9.17) is 0 Å². The highest BCUT2D eigenvalue weighted by atomic mass is 32.1. The summed E-state index contributed by atoms with van der Waals surface area (Å²) >= 11 is 6.03. The zero-order chi connectivity index (χ0) is 13.0. The van der Waals surface area contributed by atoms with Gasteiger partial charge in [0.2, 0.25) is 5.91 Å². The third kappa shape index (κ3) is 4.03. The topological polar surface area (TPSA) is 29.1 Å². The maximum atomic E-state index is 12.0. The van der Waals surface area contributed by atoms with E-state index in [1.165, 1.54) is 4.88 Å². The molecule has 0 aliphatic heterocycles. The lowest BCUT2D eigenvalue weighted by molar-refractivity contribution is -0.122. The molecule has 2 nitrogen and oxygen atoms in total. The third-order valence-electron chi connectivity index (χ3n) is 2.71. The number of hydrogen-bond acceptors (Lipinski definition) is 3. The normalized spacial score (nSPS) is 15.0. The van der Waals surface area contributed by atoms with E-state index in [1.807, 2.05) is 25.3 Å². The lowest BCUT2D eigenvalue weighted by atomic mass is 10.0. The Labute approximate surface area is 113 Å². The maximum absolute atomic E-state index is 12.0. The van der Waals surface area contributed by atoms with Crippen molar-refractivity contribution in [3.63, 3.8) is 0 Å². The molecule has 2 unspecified atom stereocenters. The monoisotopic (exact) mass is 271 g/mol. The second kappa shape index (κ2) is 6.45. The molecule has 0 fully saturated rings. The fraction of sp³-hybridized carbons (Fsp3) is 0.615. The van der Waals surface area contributed by atoms with E-state index < -0.39 is 0 Å². The molecule has 1 aromatic rings. The molecule has 0 aliphatic rings. The SMILES string of the molecule is CC(C)C(S)C(=O)NC(c1cccs1)C(C)C. The van der Waals surface area contributed by atoms with Gasteiger partial charge >= 0.3 is 0 Å². The summed E-state index contributed by atoms with van der Waals surface area (Å²) in [6, 6.07) is 4.18. The predicted molar refractivity (Wildman–Crippen MR) is 77.7 cm³/mol.